The van der Waals surface area contributed by atoms with E-state index in [0.717, 1.165) is 41.3 Å². The first-order valence-corrected chi connectivity index (χ1v) is 10.5. The number of nitrogens with one attached hydrogen (secondary N) is 2. The van der Waals surface area contributed by atoms with E-state index in [0.29, 0.717) is 24.3 Å². The zero-order valence-electron chi connectivity index (χ0n) is 17.5. The molecule has 0 aliphatic carbocycles. The molecule has 0 unspecified atom stereocenters. The first-order valence-electron chi connectivity index (χ1n) is 10.5. The van der Waals surface area contributed by atoms with Crippen LogP contribution in [0.1, 0.15) is 64.7 Å². The van der Waals surface area contributed by atoms with Crippen molar-refractivity contribution in [1.82, 2.24) is 30.2 Å². The van der Waals surface area contributed by atoms with Gasteiger partial charge in [-0.1, -0.05) is 0 Å². The maximum Gasteiger partial charge on any atom is 0.272 e. The number of aryl methyl sites for hydroxylation is 1. The zero-order valence-corrected chi connectivity index (χ0v) is 17.5. The van der Waals surface area contributed by atoms with Crippen molar-refractivity contribution >= 4 is 22.7 Å². The van der Waals surface area contributed by atoms with Gasteiger partial charge in [-0.25, -0.2) is 0 Å². The van der Waals surface area contributed by atoms with Gasteiger partial charge in [0.25, 0.3) is 11.8 Å². The number of likely N-dealkylation sites (tertiary alicyclic amines) is 1. The molecular formula is C22H26N6O2. The Balaban J connectivity index is 1.33. The summed E-state index contributed by atoms with van der Waals surface area (Å²) in [6, 6.07) is 4.03. The third-order valence-electron chi connectivity index (χ3n) is 6.46. The molecule has 2 aromatic heterocycles. The number of rotatable bonds is 2. The first kappa shape index (κ1) is 18.8. The van der Waals surface area contributed by atoms with Crippen molar-refractivity contribution < 1.29 is 9.59 Å². The lowest BCUT2D eigenvalue weighted by Crippen LogP contribution is -2.59. The number of hydrogen-bond donors (Lipinski definition) is 2. The lowest BCUT2D eigenvalue weighted by molar-refractivity contribution is 0.0605. The lowest BCUT2D eigenvalue weighted by Gasteiger charge is -2.44. The highest BCUT2D eigenvalue weighted by Crippen LogP contribution is 2.32. The van der Waals surface area contributed by atoms with Gasteiger partial charge in [-0.2, -0.15) is 10.2 Å². The largest absolute Gasteiger partial charge is 0.345 e. The number of aromatic nitrogens is 4. The van der Waals surface area contributed by atoms with Crippen LogP contribution in [0.5, 0.6) is 0 Å². The summed E-state index contributed by atoms with van der Waals surface area (Å²) in [5.74, 6) is -0.0667. The highest BCUT2D eigenvalue weighted by molar-refractivity contribution is 5.99. The van der Waals surface area contributed by atoms with E-state index >= 15 is 0 Å². The van der Waals surface area contributed by atoms with Crippen LogP contribution in [0.15, 0.2) is 24.5 Å². The number of amides is 2. The van der Waals surface area contributed by atoms with Crippen molar-refractivity contribution in [3.8, 4) is 0 Å². The molecule has 8 nitrogen and oxygen atoms in total. The van der Waals surface area contributed by atoms with Crippen LogP contribution >= 0.6 is 0 Å². The molecule has 5 rings (SSSR count). The van der Waals surface area contributed by atoms with E-state index in [1.807, 2.05) is 34.8 Å². The summed E-state index contributed by atoms with van der Waals surface area (Å²) in [7, 11) is 0. The minimum absolute atomic E-state index is 0.0338. The van der Waals surface area contributed by atoms with Crippen LogP contribution in [0.3, 0.4) is 0 Å². The van der Waals surface area contributed by atoms with E-state index < -0.39 is 0 Å². The van der Waals surface area contributed by atoms with Gasteiger partial charge in [0.05, 0.1) is 11.7 Å². The topological polar surface area (TPSA) is 95.9 Å². The van der Waals surface area contributed by atoms with Crippen LogP contribution in [-0.2, 0) is 6.42 Å². The Bertz CT molecular complexity index is 1150. The van der Waals surface area contributed by atoms with Crippen molar-refractivity contribution in [2.45, 2.75) is 51.6 Å². The molecule has 1 spiro atoms. The molecule has 3 aromatic rings. The van der Waals surface area contributed by atoms with E-state index in [1.54, 1.807) is 6.20 Å². The average molecular weight is 406 g/mol. The van der Waals surface area contributed by atoms with Gasteiger partial charge in [-0.15, -0.1) is 0 Å². The molecule has 0 bridgehead atoms. The maximum atomic E-state index is 13.1. The van der Waals surface area contributed by atoms with Crippen LogP contribution in [0.4, 0.5) is 0 Å². The number of nitrogens with zero attached hydrogens (tertiary/aromatic N) is 4. The Hall–Kier alpha value is -3.16. The number of benzene rings is 1. The minimum atomic E-state index is -0.296. The predicted molar refractivity (Wildman–Crippen MR) is 112 cm³/mol. The van der Waals surface area contributed by atoms with Gasteiger partial charge in [0, 0.05) is 47.4 Å². The van der Waals surface area contributed by atoms with Crippen molar-refractivity contribution in [2.24, 2.45) is 0 Å². The highest BCUT2D eigenvalue weighted by Gasteiger charge is 2.42. The van der Waals surface area contributed by atoms with Crippen molar-refractivity contribution in [2.75, 3.05) is 13.1 Å². The summed E-state index contributed by atoms with van der Waals surface area (Å²) >= 11 is 0. The number of fused-ring (bicyclic) bond motifs is 2. The zero-order chi connectivity index (χ0) is 21.0. The Morgan fingerprint density at radius 2 is 2.00 bits per heavy atom. The molecule has 0 radical (unpaired) electrons. The molecular weight excluding hydrogens is 380 g/mol. The molecule has 0 saturated carbocycles. The number of aromatic amines is 1. The Kier molecular flexibility index (Phi) is 4.20. The van der Waals surface area contributed by atoms with Crippen LogP contribution in [0.25, 0.3) is 10.9 Å². The third-order valence-corrected chi connectivity index (χ3v) is 6.46. The van der Waals surface area contributed by atoms with Crippen LogP contribution in [-0.4, -0.2) is 55.3 Å². The minimum Gasteiger partial charge on any atom is -0.345 e. The van der Waals surface area contributed by atoms with Gasteiger partial charge in [-0.05, 0) is 57.7 Å². The molecule has 4 heterocycles. The summed E-state index contributed by atoms with van der Waals surface area (Å²) in [6.45, 7) is 7.33. The summed E-state index contributed by atoms with van der Waals surface area (Å²) in [6.07, 6.45) is 5.99. The fourth-order valence-electron chi connectivity index (χ4n) is 4.70. The molecule has 0 atom stereocenters. The molecule has 1 saturated heterocycles. The second-order valence-electron chi connectivity index (χ2n) is 8.91. The van der Waals surface area contributed by atoms with Crippen molar-refractivity contribution in [3.05, 3.63) is 46.9 Å². The van der Waals surface area contributed by atoms with E-state index in [1.165, 1.54) is 0 Å². The van der Waals surface area contributed by atoms with Crippen molar-refractivity contribution in [3.63, 3.8) is 0 Å². The number of hydrogen-bond acceptors (Lipinski definition) is 4. The fourth-order valence-corrected chi connectivity index (χ4v) is 4.70. The molecule has 2 N–H and O–H groups in total. The molecule has 1 aromatic carbocycles. The van der Waals surface area contributed by atoms with Gasteiger partial charge >= 0.3 is 0 Å². The van der Waals surface area contributed by atoms with Gasteiger partial charge in [-0.3, -0.25) is 19.4 Å². The molecule has 1 fully saturated rings. The van der Waals surface area contributed by atoms with E-state index in [2.05, 4.69) is 34.5 Å². The van der Waals surface area contributed by atoms with Crippen LogP contribution < -0.4 is 5.32 Å². The highest BCUT2D eigenvalue weighted by atomic mass is 16.2. The number of carbonyl (C=O) groups is 2. The first-order chi connectivity index (χ1) is 14.3. The smallest absolute Gasteiger partial charge is 0.272 e. The molecule has 8 heteroatoms. The second kappa shape index (κ2) is 6.68. The van der Waals surface area contributed by atoms with Crippen LogP contribution in [0, 0.1) is 6.92 Å². The predicted octanol–water partition coefficient (Wildman–Crippen LogP) is 2.61. The number of carbonyl (C=O) groups excluding carboxylic acids is 2. The molecule has 2 amide bonds. The summed E-state index contributed by atoms with van der Waals surface area (Å²) in [4.78, 5) is 27.7. The normalized spacial score (nSPS) is 18.1. The summed E-state index contributed by atoms with van der Waals surface area (Å²) in [5.41, 5.74) is 3.91. The van der Waals surface area contributed by atoms with E-state index in [9.17, 15) is 9.59 Å². The van der Waals surface area contributed by atoms with Gasteiger partial charge < -0.3 is 10.2 Å². The molecule has 2 aliphatic rings. The summed E-state index contributed by atoms with van der Waals surface area (Å²) < 4.78 is 1.86. The Morgan fingerprint density at radius 3 is 2.73 bits per heavy atom. The second-order valence-corrected chi connectivity index (χ2v) is 8.91. The quantitative estimate of drug-likeness (QED) is 0.684. The van der Waals surface area contributed by atoms with Gasteiger partial charge in [0.2, 0.25) is 0 Å². The van der Waals surface area contributed by atoms with E-state index in [4.69, 9.17) is 0 Å². The van der Waals surface area contributed by atoms with E-state index in [-0.39, 0.29) is 23.4 Å². The molecule has 156 valence electrons. The van der Waals surface area contributed by atoms with Crippen molar-refractivity contribution in [1.29, 1.82) is 0 Å². The standard InChI is InChI=1S/C22H26N6O2/c1-13(2)28-12-17-10-22(24-20(29)19(17)26-28)4-6-27(7-5-22)21(30)15-8-14(3)18-16(9-15)11-23-25-18/h8-9,11-13H,4-7,10H2,1-3H3,(H,23,25)(H,24,29). The molecule has 2 aliphatic heterocycles. The van der Waals surface area contributed by atoms with Gasteiger partial charge in [0.1, 0.15) is 0 Å². The SMILES string of the molecule is Cc1cc(C(=O)N2CCC3(CC2)Cc2cn(C(C)C)nc2C(=O)N3)cc2cn[nH]c12. The molecule has 30 heavy (non-hydrogen) atoms. The summed E-state index contributed by atoms with van der Waals surface area (Å²) in [5, 5.41) is 15.6. The average Bonchev–Trinajstić information content (AvgIpc) is 3.35. The van der Waals surface area contributed by atoms with Gasteiger partial charge in [0.15, 0.2) is 5.69 Å². The monoisotopic (exact) mass is 406 g/mol. The third kappa shape index (κ3) is 2.98. The lowest BCUT2D eigenvalue weighted by atomic mass is 9.79. The van der Waals surface area contributed by atoms with Crippen LogP contribution in [0.2, 0.25) is 0 Å². The number of H-pyrrole nitrogens is 1. The fraction of sp³-hybridized carbons (Fsp3) is 0.455. The Labute approximate surface area is 174 Å². The number of piperidine rings is 1. The Morgan fingerprint density at radius 1 is 1.23 bits per heavy atom. The maximum absolute atomic E-state index is 13.1.